The Balaban J connectivity index is 2.22. The Labute approximate surface area is 99.2 Å². The van der Waals surface area contributed by atoms with Crippen molar-refractivity contribution in [3.8, 4) is 17.4 Å². The monoisotopic (exact) mass is 231 g/mol. The molecule has 0 spiro atoms. The first-order valence-electron chi connectivity index (χ1n) is 5.09. The molecule has 0 aliphatic heterocycles. The maximum atomic E-state index is 5.78. The van der Waals surface area contributed by atoms with Crippen molar-refractivity contribution < 1.29 is 9.47 Å². The fraction of sp³-hybridized carbons (Fsp3) is 0.167. The minimum absolute atomic E-state index is 0.488. The zero-order chi connectivity index (χ0) is 12.3. The molecule has 1 aromatic heterocycles. The fourth-order valence-corrected chi connectivity index (χ4v) is 1.38. The summed E-state index contributed by atoms with van der Waals surface area (Å²) in [5.74, 6) is 1.72. The van der Waals surface area contributed by atoms with Gasteiger partial charge in [0.2, 0.25) is 5.88 Å². The molecule has 1 heterocycles. The lowest BCUT2D eigenvalue weighted by molar-refractivity contribution is 0.414. The van der Waals surface area contributed by atoms with Gasteiger partial charge < -0.3 is 15.2 Å². The lowest BCUT2D eigenvalue weighted by Gasteiger charge is -2.08. The molecule has 5 nitrogen and oxygen atoms in total. The third-order valence-corrected chi connectivity index (χ3v) is 2.20. The van der Waals surface area contributed by atoms with Crippen LogP contribution in [0.25, 0.3) is 0 Å². The Hall–Kier alpha value is -2.30. The molecule has 2 aromatic rings. The number of nitrogen functional groups attached to an aromatic ring is 1. The maximum Gasteiger partial charge on any atom is 0.222 e. The second-order valence-electron chi connectivity index (χ2n) is 3.50. The van der Waals surface area contributed by atoms with Crippen molar-refractivity contribution in [3.05, 3.63) is 36.3 Å². The van der Waals surface area contributed by atoms with Crippen LogP contribution in [-0.2, 0) is 0 Å². The normalized spacial score (nSPS) is 10.0. The van der Waals surface area contributed by atoms with Gasteiger partial charge in [-0.2, -0.15) is 0 Å². The van der Waals surface area contributed by atoms with Crippen LogP contribution in [-0.4, -0.2) is 17.1 Å². The first-order valence-corrected chi connectivity index (χ1v) is 5.09. The number of aryl methyl sites for hydroxylation is 1. The Morgan fingerprint density at radius 3 is 2.65 bits per heavy atom. The van der Waals surface area contributed by atoms with Gasteiger partial charge in [-0.3, -0.25) is 0 Å². The third kappa shape index (κ3) is 2.63. The number of anilines is 1. The van der Waals surface area contributed by atoms with Gasteiger partial charge in [-0.15, -0.1) is 0 Å². The average molecular weight is 231 g/mol. The van der Waals surface area contributed by atoms with Crippen LogP contribution in [0.1, 0.15) is 5.69 Å². The second-order valence-corrected chi connectivity index (χ2v) is 3.50. The summed E-state index contributed by atoms with van der Waals surface area (Å²) in [5, 5.41) is 0. The van der Waals surface area contributed by atoms with E-state index >= 15 is 0 Å². The molecule has 0 bridgehead atoms. The second kappa shape index (κ2) is 4.69. The smallest absolute Gasteiger partial charge is 0.222 e. The maximum absolute atomic E-state index is 5.78. The third-order valence-electron chi connectivity index (χ3n) is 2.20. The van der Waals surface area contributed by atoms with Crippen LogP contribution in [0, 0.1) is 6.92 Å². The molecular formula is C12H13N3O2. The quantitative estimate of drug-likeness (QED) is 0.820. The van der Waals surface area contributed by atoms with Crippen LogP contribution >= 0.6 is 0 Å². The summed E-state index contributed by atoms with van der Waals surface area (Å²) in [6, 6.07) is 6.96. The molecule has 1 aromatic carbocycles. The molecule has 0 amide bonds. The summed E-state index contributed by atoms with van der Waals surface area (Å²) in [4.78, 5) is 7.99. The van der Waals surface area contributed by atoms with E-state index in [-0.39, 0.29) is 0 Å². The van der Waals surface area contributed by atoms with Gasteiger partial charge in [0, 0.05) is 17.8 Å². The van der Waals surface area contributed by atoms with Crippen molar-refractivity contribution in [2.45, 2.75) is 6.92 Å². The minimum Gasteiger partial charge on any atom is -0.495 e. The summed E-state index contributed by atoms with van der Waals surface area (Å²) in [5.41, 5.74) is 7.15. The van der Waals surface area contributed by atoms with Crippen molar-refractivity contribution in [3.63, 3.8) is 0 Å². The highest BCUT2D eigenvalue weighted by Crippen LogP contribution is 2.28. The van der Waals surface area contributed by atoms with Gasteiger partial charge in [0.25, 0.3) is 0 Å². The molecular weight excluding hydrogens is 218 g/mol. The molecule has 0 aliphatic rings. The van der Waals surface area contributed by atoms with Gasteiger partial charge in [-0.1, -0.05) is 0 Å². The zero-order valence-electron chi connectivity index (χ0n) is 9.68. The molecule has 2 rings (SSSR count). The average Bonchev–Trinajstić information content (AvgIpc) is 2.29. The summed E-state index contributed by atoms with van der Waals surface area (Å²) in [6.07, 6.45) is 1.46. The van der Waals surface area contributed by atoms with E-state index in [1.807, 2.05) is 6.92 Å². The molecule has 0 aliphatic carbocycles. The fourth-order valence-electron chi connectivity index (χ4n) is 1.38. The first-order chi connectivity index (χ1) is 8.19. The number of methoxy groups -OCH3 is 1. The van der Waals surface area contributed by atoms with Crippen LogP contribution in [0.5, 0.6) is 17.4 Å². The predicted octanol–water partition coefficient (Wildman–Crippen LogP) is 2.17. The highest BCUT2D eigenvalue weighted by atomic mass is 16.5. The standard InChI is InChI=1S/C12H13N3O2/c1-8-5-12(15-7-14-8)17-9-3-4-11(16-2)10(13)6-9/h3-7H,13H2,1-2H3. The molecule has 0 saturated carbocycles. The number of benzene rings is 1. The Morgan fingerprint density at radius 2 is 2.00 bits per heavy atom. The minimum atomic E-state index is 0.488. The number of hydrogen-bond acceptors (Lipinski definition) is 5. The van der Waals surface area contributed by atoms with E-state index in [4.69, 9.17) is 15.2 Å². The van der Waals surface area contributed by atoms with Crippen LogP contribution in [0.15, 0.2) is 30.6 Å². The van der Waals surface area contributed by atoms with Gasteiger partial charge >= 0.3 is 0 Å². The number of ether oxygens (including phenoxy) is 2. The molecule has 17 heavy (non-hydrogen) atoms. The predicted molar refractivity (Wildman–Crippen MR) is 64.2 cm³/mol. The lowest BCUT2D eigenvalue weighted by Crippen LogP contribution is -1.94. The highest BCUT2D eigenvalue weighted by molar-refractivity contribution is 5.56. The molecule has 0 atom stereocenters. The van der Waals surface area contributed by atoms with E-state index in [0.29, 0.717) is 23.1 Å². The molecule has 0 fully saturated rings. The van der Waals surface area contributed by atoms with Crippen LogP contribution < -0.4 is 15.2 Å². The van der Waals surface area contributed by atoms with Crippen molar-refractivity contribution in [1.82, 2.24) is 9.97 Å². The van der Waals surface area contributed by atoms with Crippen LogP contribution in [0.3, 0.4) is 0 Å². The molecule has 88 valence electrons. The van der Waals surface area contributed by atoms with Crippen molar-refractivity contribution >= 4 is 5.69 Å². The van der Waals surface area contributed by atoms with Gasteiger partial charge in [0.1, 0.15) is 17.8 Å². The van der Waals surface area contributed by atoms with E-state index in [9.17, 15) is 0 Å². The largest absolute Gasteiger partial charge is 0.495 e. The Morgan fingerprint density at radius 1 is 1.18 bits per heavy atom. The van der Waals surface area contributed by atoms with E-state index in [1.54, 1.807) is 31.4 Å². The van der Waals surface area contributed by atoms with Crippen molar-refractivity contribution in [2.75, 3.05) is 12.8 Å². The van der Waals surface area contributed by atoms with E-state index in [0.717, 1.165) is 5.69 Å². The Kier molecular flexibility index (Phi) is 3.09. The van der Waals surface area contributed by atoms with E-state index in [1.165, 1.54) is 6.33 Å². The lowest BCUT2D eigenvalue weighted by atomic mass is 10.3. The molecule has 2 N–H and O–H groups in total. The number of aromatic nitrogens is 2. The molecule has 0 saturated heterocycles. The van der Waals surface area contributed by atoms with Crippen LogP contribution in [0.2, 0.25) is 0 Å². The summed E-state index contributed by atoms with van der Waals surface area (Å²) in [7, 11) is 1.57. The van der Waals surface area contributed by atoms with Gasteiger partial charge in [0.15, 0.2) is 0 Å². The molecule has 0 radical (unpaired) electrons. The zero-order valence-corrected chi connectivity index (χ0v) is 9.68. The number of rotatable bonds is 3. The van der Waals surface area contributed by atoms with Crippen molar-refractivity contribution in [1.29, 1.82) is 0 Å². The summed E-state index contributed by atoms with van der Waals surface area (Å²) in [6.45, 7) is 1.87. The number of hydrogen-bond donors (Lipinski definition) is 1. The summed E-state index contributed by atoms with van der Waals surface area (Å²) >= 11 is 0. The van der Waals surface area contributed by atoms with Crippen LogP contribution in [0.4, 0.5) is 5.69 Å². The van der Waals surface area contributed by atoms with E-state index in [2.05, 4.69) is 9.97 Å². The molecule has 5 heteroatoms. The van der Waals surface area contributed by atoms with Gasteiger partial charge in [-0.25, -0.2) is 9.97 Å². The SMILES string of the molecule is COc1ccc(Oc2cc(C)ncn2)cc1N. The first kappa shape index (κ1) is 11.2. The molecule has 0 unspecified atom stereocenters. The topological polar surface area (TPSA) is 70.3 Å². The number of nitrogens with zero attached hydrogens (tertiary/aromatic N) is 2. The van der Waals surface area contributed by atoms with Gasteiger partial charge in [0.05, 0.1) is 12.8 Å². The van der Waals surface area contributed by atoms with E-state index < -0.39 is 0 Å². The Bertz CT molecular complexity index is 529. The number of nitrogens with two attached hydrogens (primary N) is 1. The van der Waals surface area contributed by atoms with Gasteiger partial charge in [-0.05, 0) is 19.1 Å². The highest BCUT2D eigenvalue weighted by Gasteiger charge is 2.03. The summed E-state index contributed by atoms with van der Waals surface area (Å²) < 4.78 is 10.6. The van der Waals surface area contributed by atoms with Crippen molar-refractivity contribution in [2.24, 2.45) is 0 Å².